The van der Waals surface area contributed by atoms with Crippen LogP contribution < -0.4 is 0 Å². The van der Waals surface area contributed by atoms with Crippen molar-refractivity contribution in [1.29, 1.82) is 0 Å². The Morgan fingerprint density at radius 2 is 2.27 bits per heavy atom. The van der Waals surface area contributed by atoms with Gasteiger partial charge in [-0.1, -0.05) is 12.7 Å². The van der Waals surface area contributed by atoms with Gasteiger partial charge in [-0.3, -0.25) is 0 Å². The fourth-order valence-corrected chi connectivity index (χ4v) is 1.20. The number of rotatable bonds is 0. The Morgan fingerprint density at radius 1 is 1.73 bits per heavy atom. The molecule has 0 fully saturated rings. The molecule has 2 atom stereocenters. The summed E-state index contributed by atoms with van der Waals surface area (Å²) in [6.45, 7) is 7.22. The fraction of sp³-hybridized carbons (Fsp3) is 0.556. The first-order valence-electron chi connectivity index (χ1n) is 3.71. The van der Waals surface area contributed by atoms with Crippen LogP contribution in [0.25, 0.3) is 0 Å². The maximum Gasteiger partial charge on any atom is 0.0857 e. The summed E-state index contributed by atoms with van der Waals surface area (Å²) in [5.74, 6) is 0. The van der Waals surface area contributed by atoms with Crippen molar-refractivity contribution in [3.8, 4) is 0 Å². The molecule has 0 radical (unpaired) electrons. The van der Waals surface area contributed by atoms with E-state index < -0.39 is 11.7 Å². The zero-order valence-electron chi connectivity index (χ0n) is 6.96. The van der Waals surface area contributed by atoms with Crippen molar-refractivity contribution in [3.05, 3.63) is 23.8 Å². The van der Waals surface area contributed by atoms with Gasteiger partial charge in [0.1, 0.15) is 0 Å². The molecule has 1 aliphatic carbocycles. The predicted octanol–water partition coefficient (Wildman–Crippen LogP) is 1.00. The largest absolute Gasteiger partial charge is 0.388 e. The van der Waals surface area contributed by atoms with E-state index in [1.807, 2.05) is 6.92 Å². The minimum atomic E-state index is -0.861. The minimum Gasteiger partial charge on any atom is -0.388 e. The third-order valence-corrected chi connectivity index (χ3v) is 2.27. The third kappa shape index (κ3) is 1.52. The van der Waals surface area contributed by atoms with E-state index in [2.05, 4.69) is 6.58 Å². The van der Waals surface area contributed by atoms with Crippen LogP contribution in [0.1, 0.15) is 20.3 Å². The van der Waals surface area contributed by atoms with Crippen LogP contribution in [0.4, 0.5) is 0 Å². The summed E-state index contributed by atoms with van der Waals surface area (Å²) in [5, 5.41) is 19.0. The van der Waals surface area contributed by atoms with Gasteiger partial charge >= 0.3 is 0 Å². The molecule has 0 aromatic rings. The highest BCUT2D eigenvalue weighted by atomic mass is 16.3. The van der Waals surface area contributed by atoms with E-state index in [1.54, 1.807) is 13.0 Å². The van der Waals surface area contributed by atoms with E-state index in [9.17, 15) is 10.2 Å². The molecule has 0 spiro atoms. The lowest BCUT2D eigenvalue weighted by Crippen LogP contribution is -2.35. The monoisotopic (exact) mass is 154 g/mol. The van der Waals surface area contributed by atoms with Crippen LogP contribution in [-0.4, -0.2) is 21.9 Å². The quantitative estimate of drug-likeness (QED) is 0.546. The van der Waals surface area contributed by atoms with Crippen LogP contribution in [0.15, 0.2) is 23.8 Å². The van der Waals surface area contributed by atoms with Gasteiger partial charge < -0.3 is 10.2 Å². The van der Waals surface area contributed by atoms with Crippen LogP contribution in [0.5, 0.6) is 0 Å². The smallest absolute Gasteiger partial charge is 0.0857 e. The van der Waals surface area contributed by atoms with E-state index in [0.29, 0.717) is 12.0 Å². The molecular weight excluding hydrogens is 140 g/mol. The second-order valence-electron chi connectivity index (χ2n) is 3.40. The van der Waals surface area contributed by atoms with Gasteiger partial charge in [0.2, 0.25) is 0 Å². The zero-order valence-corrected chi connectivity index (χ0v) is 6.96. The first-order valence-corrected chi connectivity index (χ1v) is 3.71. The second-order valence-corrected chi connectivity index (χ2v) is 3.40. The van der Waals surface area contributed by atoms with Gasteiger partial charge in [-0.2, -0.15) is 0 Å². The molecule has 0 amide bonds. The number of aliphatic hydroxyl groups excluding tert-OH is 1. The molecule has 2 N–H and O–H groups in total. The summed E-state index contributed by atoms with van der Waals surface area (Å²) in [7, 11) is 0. The van der Waals surface area contributed by atoms with E-state index >= 15 is 0 Å². The van der Waals surface area contributed by atoms with Gasteiger partial charge in [0.25, 0.3) is 0 Å². The Balaban J connectivity index is 2.95. The highest BCUT2D eigenvalue weighted by molar-refractivity contribution is 5.33. The average Bonchev–Trinajstić information content (AvgIpc) is 1.83. The molecule has 0 heterocycles. The molecule has 1 rings (SSSR count). The highest BCUT2D eigenvalue weighted by Gasteiger charge is 2.31. The van der Waals surface area contributed by atoms with Gasteiger partial charge in [0.05, 0.1) is 11.7 Å². The van der Waals surface area contributed by atoms with Crippen molar-refractivity contribution in [3.63, 3.8) is 0 Å². The lowest BCUT2D eigenvalue weighted by atomic mass is 9.82. The predicted molar refractivity (Wildman–Crippen MR) is 44.1 cm³/mol. The molecule has 2 heteroatoms. The Kier molecular flexibility index (Phi) is 1.90. The first-order chi connectivity index (χ1) is 4.93. The van der Waals surface area contributed by atoms with Crippen molar-refractivity contribution >= 4 is 0 Å². The normalized spacial score (nSPS) is 38.7. The third-order valence-electron chi connectivity index (χ3n) is 2.27. The maximum absolute atomic E-state index is 9.66. The summed E-state index contributed by atoms with van der Waals surface area (Å²) in [4.78, 5) is 0. The second kappa shape index (κ2) is 2.47. The first kappa shape index (κ1) is 8.50. The molecule has 0 aromatic heterocycles. The van der Waals surface area contributed by atoms with E-state index in [4.69, 9.17) is 0 Å². The summed E-state index contributed by atoms with van der Waals surface area (Å²) in [6.07, 6.45) is 1.51. The lowest BCUT2D eigenvalue weighted by molar-refractivity contribution is 0.0388. The summed E-state index contributed by atoms with van der Waals surface area (Å²) in [6, 6.07) is 0. The summed E-state index contributed by atoms with van der Waals surface area (Å²) >= 11 is 0. The van der Waals surface area contributed by atoms with Crippen molar-refractivity contribution in [2.75, 3.05) is 0 Å². The Bertz CT molecular complexity index is 214. The molecule has 1 aliphatic rings. The topological polar surface area (TPSA) is 40.5 Å². The van der Waals surface area contributed by atoms with Crippen LogP contribution >= 0.6 is 0 Å². The molecule has 2 nitrogen and oxygen atoms in total. The number of hydrogen-bond donors (Lipinski definition) is 2. The van der Waals surface area contributed by atoms with Crippen molar-refractivity contribution < 1.29 is 10.2 Å². The van der Waals surface area contributed by atoms with Crippen LogP contribution in [0.3, 0.4) is 0 Å². The van der Waals surface area contributed by atoms with Gasteiger partial charge in [0.15, 0.2) is 0 Å². The van der Waals surface area contributed by atoms with E-state index in [0.717, 1.165) is 5.57 Å². The molecule has 62 valence electrons. The van der Waals surface area contributed by atoms with Gasteiger partial charge in [-0.15, -0.1) is 0 Å². The minimum absolute atomic E-state index is 0.355. The van der Waals surface area contributed by atoms with Crippen LogP contribution in [0, 0.1) is 0 Å². The van der Waals surface area contributed by atoms with Crippen LogP contribution in [0.2, 0.25) is 0 Å². The van der Waals surface area contributed by atoms with Gasteiger partial charge in [-0.25, -0.2) is 0 Å². The van der Waals surface area contributed by atoms with Crippen molar-refractivity contribution in [2.24, 2.45) is 0 Å². The summed E-state index contributed by atoms with van der Waals surface area (Å²) in [5.41, 5.74) is 0.697. The fourth-order valence-electron chi connectivity index (χ4n) is 1.20. The van der Waals surface area contributed by atoms with Crippen molar-refractivity contribution in [2.45, 2.75) is 32.0 Å². The highest BCUT2D eigenvalue weighted by Crippen LogP contribution is 2.30. The Hall–Kier alpha value is -0.600. The molecule has 11 heavy (non-hydrogen) atoms. The van der Waals surface area contributed by atoms with E-state index in [-0.39, 0.29) is 0 Å². The molecule has 2 unspecified atom stereocenters. The molecule has 0 aliphatic heterocycles. The molecular formula is C9H14O2. The maximum atomic E-state index is 9.66. The molecule has 0 saturated heterocycles. The summed E-state index contributed by atoms with van der Waals surface area (Å²) < 4.78 is 0. The van der Waals surface area contributed by atoms with E-state index in [1.165, 1.54) is 0 Å². The van der Waals surface area contributed by atoms with Crippen LogP contribution in [-0.2, 0) is 0 Å². The lowest BCUT2D eigenvalue weighted by Gasteiger charge is -2.32. The Morgan fingerprint density at radius 3 is 2.73 bits per heavy atom. The number of hydrogen-bond acceptors (Lipinski definition) is 2. The van der Waals surface area contributed by atoms with Crippen molar-refractivity contribution in [1.82, 2.24) is 0 Å². The molecule has 0 saturated carbocycles. The molecule has 0 aromatic carbocycles. The van der Waals surface area contributed by atoms with Gasteiger partial charge in [-0.05, 0) is 25.0 Å². The SMILES string of the molecule is C=C1C=C(C)C(C)(O)CC1O. The average molecular weight is 154 g/mol. The zero-order chi connectivity index (χ0) is 8.65. The number of aliphatic hydroxyl groups is 2. The van der Waals surface area contributed by atoms with Gasteiger partial charge in [0, 0.05) is 6.42 Å². The molecule has 0 bridgehead atoms. The standard InChI is InChI=1S/C9H14O2/c1-6-4-7(2)9(3,11)5-8(6)10/h4,8,10-11H,1,5H2,2-3H3. The Labute approximate surface area is 66.9 Å².